The standard InChI is InChI=1S/C28H39N7O3/c1-6-34(7-2)27(37)38-22-10-8-9-21(17-22)32-26(36)28(11-14-33(4)5)12-15-35(16-13-28)25-23-20(3)18-29-24(23)30-19-31-25/h8-10,17-19H,6-7,11-16H2,1-5H3,(H,32,36)(H,29,30,31). The molecule has 0 saturated carbocycles. The van der Waals surface area contributed by atoms with Crippen LogP contribution in [-0.2, 0) is 4.79 Å². The number of H-pyrrole nitrogens is 1. The molecule has 38 heavy (non-hydrogen) atoms. The van der Waals surface area contributed by atoms with Gasteiger partial charge in [-0.15, -0.1) is 0 Å². The number of aryl methyl sites for hydroxylation is 1. The molecule has 1 saturated heterocycles. The number of rotatable bonds is 9. The molecule has 3 heterocycles. The van der Waals surface area contributed by atoms with Crippen LogP contribution in [0.15, 0.2) is 36.8 Å². The number of amides is 2. The summed E-state index contributed by atoms with van der Waals surface area (Å²) in [5.74, 6) is 1.32. The van der Waals surface area contributed by atoms with Crippen LogP contribution >= 0.6 is 0 Å². The van der Waals surface area contributed by atoms with E-state index in [9.17, 15) is 9.59 Å². The molecule has 10 nitrogen and oxygen atoms in total. The van der Waals surface area contributed by atoms with Crippen molar-refractivity contribution < 1.29 is 14.3 Å². The molecule has 2 aromatic heterocycles. The Morgan fingerprint density at radius 1 is 1.16 bits per heavy atom. The van der Waals surface area contributed by atoms with E-state index in [4.69, 9.17) is 4.74 Å². The van der Waals surface area contributed by atoms with E-state index in [1.54, 1.807) is 29.4 Å². The Balaban J connectivity index is 1.50. The first-order valence-corrected chi connectivity index (χ1v) is 13.3. The molecule has 1 aromatic carbocycles. The third-order valence-corrected chi connectivity index (χ3v) is 7.51. The Labute approximate surface area is 224 Å². The fourth-order valence-corrected chi connectivity index (χ4v) is 5.06. The summed E-state index contributed by atoms with van der Waals surface area (Å²) >= 11 is 0. The summed E-state index contributed by atoms with van der Waals surface area (Å²) in [4.78, 5) is 44.3. The van der Waals surface area contributed by atoms with E-state index in [2.05, 4.69) is 37.0 Å². The van der Waals surface area contributed by atoms with Crippen molar-refractivity contribution in [1.29, 1.82) is 0 Å². The minimum Gasteiger partial charge on any atom is -0.410 e. The zero-order valence-electron chi connectivity index (χ0n) is 23.1. The maximum atomic E-state index is 13.8. The van der Waals surface area contributed by atoms with Crippen molar-refractivity contribution in [2.75, 3.05) is 57.0 Å². The van der Waals surface area contributed by atoms with E-state index >= 15 is 0 Å². The van der Waals surface area contributed by atoms with Crippen molar-refractivity contribution in [1.82, 2.24) is 24.8 Å². The number of carbonyl (C=O) groups is 2. The molecule has 0 aliphatic carbocycles. The zero-order valence-corrected chi connectivity index (χ0v) is 23.1. The molecule has 0 radical (unpaired) electrons. The van der Waals surface area contributed by atoms with Crippen LogP contribution in [0.2, 0.25) is 0 Å². The fourth-order valence-electron chi connectivity index (χ4n) is 5.06. The molecule has 1 aliphatic heterocycles. The lowest BCUT2D eigenvalue weighted by molar-refractivity contribution is -0.127. The van der Waals surface area contributed by atoms with Gasteiger partial charge >= 0.3 is 6.09 Å². The second-order valence-corrected chi connectivity index (χ2v) is 10.2. The first kappa shape index (κ1) is 27.4. The van der Waals surface area contributed by atoms with Gasteiger partial charge in [-0.1, -0.05) is 6.07 Å². The van der Waals surface area contributed by atoms with Gasteiger partial charge in [0.1, 0.15) is 23.5 Å². The summed E-state index contributed by atoms with van der Waals surface area (Å²) in [5.41, 5.74) is 2.04. The zero-order chi connectivity index (χ0) is 27.3. The molecule has 1 fully saturated rings. The molecule has 0 unspecified atom stereocenters. The van der Waals surface area contributed by atoms with Gasteiger partial charge in [0.2, 0.25) is 5.91 Å². The number of nitrogens with one attached hydrogen (secondary N) is 2. The van der Waals surface area contributed by atoms with E-state index in [1.807, 2.05) is 40.2 Å². The van der Waals surface area contributed by atoms with Gasteiger partial charge in [-0.25, -0.2) is 14.8 Å². The van der Waals surface area contributed by atoms with E-state index in [0.717, 1.165) is 48.5 Å². The second kappa shape index (κ2) is 11.8. The van der Waals surface area contributed by atoms with Crippen LogP contribution in [0.25, 0.3) is 11.0 Å². The summed E-state index contributed by atoms with van der Waals surface area (Å²) < 4.78 is 5.54. The molecule has 10 heteroatoms. The van der Waals surface area contributed by atoms with Crippen LogP contribution in [0.1, 0.15) is 38.7 Å². The molecule has 1 aliphatic rings. The van der Waals surface area contributed by atoms with Crippen molar-refractivity contribution in [2.24, 2.45) is 5.41 Å². The Morgan fingerprint density at radius 2 is 1.89 bits per heavy atom. The molecular formula is C28H39N7O3. The number of carbonyl (C=O) groups excluding carboxylic acids is 2. The maximum Gasteiger partial charge on any atom is 0.415 e. The van der Waals surface area contributed by atoms with E-state index < -0.39 is 11.5 Å². The van der Waals surface area contributed by atoms with Crippen molar-refractivity contribution in [2.45, 2.75) is 40.0 Å². The Hall–Kier alpha value is -3.66. The smallest absolute Gasteiger partial charge is 0.410 e. The highest BCUT2D eigenvalue weighted by molar-refractivity contribution is 5.96. The quantitative estimate of drug-likeness (QED) is 0.433. The van der Waals surface area contributed by atoms with Gasteiger partial charge < -0.3 is 29.7 Å². The average Bonchev–Trinajstić information content (AvgIpc) is 3.29. The van der Waals surface area contributed by atoms with Gasteiger partial charge in [0.15, 0.2) is 0 Å². The fraction of sp³-hybridized carbons (Fsp3) is 0.500. The van der Waals surface area contributed by atoms with Gasteiger partial charge in [-0.2, -0.15) is 0 Å². The molecule has 0 bridgehead atoms. The Morgan fingerprint density at radius 3 is 2.58 bits per heavy atom. The van der Waals surface area contributed by atoms with E-state index in [0.29, 0.717) is 37.4 Å². The van der Waals surface area contributed by atoms with Crippen molar-refractivity contribution in [3.8, 4) is 5.75 Å². The SMILES string of the molecule is CCN(CC)C(=O)Oc1cccc(NC(=O)C2(CCN(C)C)CCN(c3ncnc4[nH]cc(C)c34)CC2)c1. The molecule has 2 N–H and O–H groups in total. The molecule has 204 valence electrons. The summed E-state index contributed by atoms with van der Waals surface area (Å²) in [7, 11) is 4.06. The predicted octanol–water partition coefficient (Wildman–Crippen LogP) is 4.28. The number of piperidine rings is 1. The first-order chi connectivity index (χ1) is 18.3. The van der Waals surface area contributed by atoms with Crippen LogP contribution < -0.4 is 15.0 Å². The largest absolute Gasteiger partial charge is 0.415 e. The lowest BCUT2D eigenvalue weighted by atomic mass is 9.74. The van der Waals surface area contributed by atoms with Crippen molar-refractivity contribution >= 4 is 34.5 Å². The van der Waals surface area contributed by atoms with Crippen LogP contribution in [0.4, 0.5) is 16.3 Å². The van der Waals surface area contributed by atoms with Crippen LogP contribution in [0, 0.1) is 12.3 Å². The number of fused-ring (bicyclic) bond motifs is 1. The summed E-state index contributed by atoms with van der Waals surface area (Å²) in [5, 5.41) is 4.16. The van der Waals surface area contributed by atoms with Gasteiger partial charge in [-0.05, 0) is 78.4 Å². The van der Waals surface area contributed by atoms with Gasteiger partial charge in [0.05, 0.1) is 10.8 Å². The highest BCUT2D eigenvalue weighted by Crippen LogP contribution is 2.39. The lowest BCUT2D eigenvalue weighted by Gasteiger charge is -2.41. The minimum absolute atomic E-state index is 0.00289. The maximum absolute atomic E-state index is 13.8. The van der Waals surface area contributed by atoms with Gasteiger partial charge in [0, 0.05) is 44.1 Å². The van der Waals surface area contributed by atoms with Crippen LogP contribution in [-0.4, -0.2) is 83.6 Å². The number of anilines is 2. The number of hydrogen-bond acceptors (Lipinski definition) is 7. The molecule has 2 amide bonds. The first-order valence-electron chi connectivity index (χ1n) is 13.3. The molecule has 0 spiro atoms. The summed E-state index contributed by atoms with van der Waals surface area (Å²) in [6.07, 6.45) is 5.31. The average molecular weight is 522 g/mol. The van der Waals surface area contributed by atoms with Crippen molar-refractivity contribution in [3.63, 3.8) is 0 Å². The van der Waals surface area contributed by atoms with Gasteiger partial charge in [0.25, 0.3) is 0 Å². The topological polar surface area (TPSA) is 107 Å². The number of hydrogen-bond donors (Lipinski definition) is 2. The van der Waals surface area contributed by atoms with Crippen LogP contribution in [0.5, 0.6) is 5.75 Å². The van der Waals surface area contributed by atoms with Crippen LogP contribution in [0.3, 0.4) is 0 Å². The number of benzene rings is 1. The molecule has 0 atom stereocenters. The number of ether oxygens (including phenoxy) is 1. The summed E-state index contributed by atoms with van der Waals surface area (Å²) in [6.45, 7) is 9.27. The summed E-state index contributed by atoms with van der Waals surface area (Å²) in [6, 6.07) is 7.05. The normalized spacial score (nSPS) is 15.1. The highest BCUT2D eigenvalue weighted by Gasteiger charge is 2.41. The van der Waals surface area contributed by atoms with E-state index in [-0.39, 0.29) is 5.91 Å². The number of aromatic amines is 1. The Kier molecular flexibility index (Phi) is 8.51. The second-order valence-electron chi connectivity index (χ2n) is 10.2. The molecule has 3 aromatic rings. The predicted molar refractivity (Wildman–Crippen MR) is 150 cm³/mol. The van der Waals surface area contributed by atoms with Gasteiger partial charge in [-0.3, -0.25) is 4.79 Å². The number of nitrogens with zero attached hydrogens (tertiary/aromatic N) is 5. The minimum atomic E-state index is -0.520. The third kappa shape index (κ3) is 5.91. The number of aromatic nitrogens is 3. The van der Waals surface area contributed by atoms with Crippen molar-refractivity contribution in [3.05, 3.63) is 42.4 Å². The molecule has 4 rings (SSSR count). The van der Waals surface area contributed by atoms with E-state index in [1.165, 1.54) is 0 Å². The highest BCUT2D eigenvalue weighted by atomic mass is 16.6. The molecular weight excluding hydrogens is 482 g/mol. The Bertz CT molecular complexity index is 1260. The third-order valence-electron chi connectivity index (χ3n) is 7.51. The monoisotopic (exact) mass is 521 g/mol. The lowest BCUT2D eigenvalue weighted by Crippen LogP contribution is -2.48.